The Kier molecular flexibility index (Phi) is 5.62. The van der Waals surface area contributed by atoms with Crippen LogP contribution in [0, 0.1) is 0 Å². The molecule has 0 bridgehead atoms. The molecule has 0 unspecified atom stereocenters. The van der Waals surface area contributed by atoms with Crippen LogP contribution in [0.1, 0.15) is 13.3 Å². The van der Waals surface area contributed by atoms with Crippen LogP contribution in [0.25, 0.3) is 0 Å². The van der Waals surface area contributed by atoms with Crippen LogP contribution in [0.5, 0.6) is 0 Å². The third-order valence-corrected chi connectivity index (χ3v) is 1.32. The van der Waals surface area contributed by atoms with Gasteiger partial charge >= 0.3 is 0 Å². The van der Waals surface area contributed by atoms with Gasteiger partial charge in [-0.1, -0.05) is 6.92 Å². The Balaban J connectivity index is 4.20. The van der Waals surface area contributed by atoms with Gasteiger partial charge < -0.3 is 11.5 Å². The number of hydrogen-bond acceptors (Lipinski definition) is 2. The third kappa shape index (κ3) is 5.02. The van der Waals surface area contributed by atoms with Gasteiger partial charge in [-0.2, -0.15) is 4.99 Å². The van der Waals surface area contributed by atoms with E-state index in [2.05, 4.69) is 9.98 Å². The predicted molar refractivity (Wildman–Crippen MR) is 53.2 cm³/mol. The number of nitrogens with zero attached hydrogens (tertiary/aromatic N) is 3. The Morgan fingerprint density at radius 3 is 2.54 bits per heavy atom. The molecule has 0 heterocycles. The minimum absolute atomic E-state index is 0.170. The largest absolute Gasteiger partial charge is 0.368 e. The Morgan fingerprint density at radius 1 is 1.46 bits per heavy atom. The van der Waals surface area contributed by atoms with E-state index in [1.807, 2.05) is 6.92 Å². The summed E-state index contributed by atoms with van der Waals surface area (Å²) in [4.78, 5) is 12.5. The molecule has 13 heavy (non-hydrogen) atoms. The summed E-state index contributed by atoms with van der Waals surface area (Å²) in [5.41, 5.74) is 10.9. The van der Waals surface area contributed by atoms with E-state index in [1.165, 1.54) is 12.2 Å². The van der Waals surface area contributed by atoms with Gasteiger partial charge in [-0.3, -0.25) is 9.83 Å². The van der Waals surface area contributed by atoms with E-state index < -0.39 is 0 Å². The topological polar surface area (TPSA) is 89.2 Å². The van der Waals surface area contributed by atoms with Crippen molar-refractivity contribution in [2.75, 3.05) is 20.7 Å². The van der Waals surface area contributed by atoms with Gasteiger partial charge in [0.2, 0.25) is 11.9 Å². The second kappa shape index (κ2) is 6.24. The first-order chi connectivity index (χ1) is 6.11. The minimum atomic E-state index is 0.170. The molecule has 0 saturated carbocycles. The molecule has 6 nitrogen and oxygen atoms in total. The highest BCUT2D eigenvalue weighted by Gasteiger charge is 1.99. The molecular formula is C7H17N5O. The Labute approximate surface area is 78.2 Å². The van der Waals surface area contributed by atoms with E-state index in [4.69, 9.17) is 16.3 Å². The maximum Gasteiger partial charge on any atom is 0.223 e. The molecule has 0 fully saturated rings. The summed E-state index contributed by atoms with van der Waals surface area (Å²) in [5, 5.41) is 1.30. The van der Waals surface area contributed by atoms with Crippen LogP contribution in [0.2, 0.25) is 0 Å². The number of hydroxylamine groups is 2. The zero-order chi connectivity index (χ0) is 10.3. The zero-order valence-corrected chi connectivity index (χ0v) is 8.32. The Hall–Kier alpha value is -1.30. The van der Waals surface area contributed by atoms with E-state index >= 15 is 0 Å². The fourth-order valence-corrected chi connectivity index (χ4v) is 0.543. The molecule has 0 aliphatic heterocycles. The second-order valence-electron chi connectivity index (χ2n) is 2.39. The number of hydrogen-bond donors (Lipinski definition) is 2. The molecule has 0 rings (SSSR count). The summed E-state index contributed by atoms with van der Waals surface area (Å²) in [7, 11) is 3.12. The van der Waals surface area contributed by atoms with Crippen LogP contribution in [-0.4, -0.2) is 37.7 Å². The van der Waals surface area contributed by atoms with E-state index in [0.29, 0.717) is 6.54 Å². The molecule has 0 aromatic carbocycles. The molecule has 6 heteroatoms. The lowest BCUT2D eigenvalue weighted by molar-refractivity contribution is -0.0428. The number of guanidine groups is 2. The highest BCUT2D eigenvalue weighted by molar-refractivity contribution is 5.92. The van der Waals surface area contributed by atoms with E-state index in [0.717, 1.165) is 6.42 Å². The first-order valence-corrected chi connectivity index (χ1v) is 4.03. The summed E-state index contributed by atoms with van der Waals surface area (Å²) < 4.78 is 0. The van der Waals surface area contributed by atoms with E-state index in [1.54, 1.807) is 7.05 Å². The number of aliphatic imine (C=N–C) groups is 2. The Morgan fingerprint density at radius 2 is 2.08 bits per heavy atom. The highest BCUT2D eigenvalue weighted by Crippen LogP contribution is 1.84. The predicted octanol–water partition coefficient (Wildman–Crippen LogP) is -0.481. The minimum Gasteiger partial charge on any atom is -0.368 e. The maximum atomic E-state index is 5.49. The first kappa shape index (κ1) is 11.7. The summed E-state index contributed by atoms with van der Waals surface area (Å²) >= 11 is 0. The van der Waals surface area contributed by atoms with Crippen molar-refractivity contribution in [2.45, 2.75) is 13.3 Å². The number of rotatable bonds is 3. The van der Waals surface area contributed by atoms with Crippen molar-refractivity contribution < 1.29 is 4.84 Å². The van der Waals surface area contributed by atoms with Crippen molar-refractivity contribution in [1.29, 1.82) is 0 Å². The van der Waals surface area contributed by atoms with Crippen LogP contribution < -0.4 is 11.5 Å². The van der Waals surface area contributed by atoms with Crippen molar-refractivity contribution in [2.24, 2.45) is 21.5 Å². The lowest BCUT2D eigenvalue weighted by Crippen LogP contribution is -2.34. The molecule has 0 saturated heterocycles. The van der Waals surface area contributed by atoms with Crippen molar-refractivity contribution in [1.82, 2.24) is 5.06 Å². The van der Waals surface area contributed by atoms with Gasteiger partial charge in [0.15, 0.2) is 0 Å². The van der Waals surface area contributed by atoms with Gasteiger partial charge in [-0.05, 0) is 6.42 Å². The molecule has 0 aromatic rings. The maximum absolute atomic E-state index is 5.49. The fraction of sp³-hybridized carbons (Fsp3) is 0.714. The van der Waals surface area contributed by atoms with E-state index in [9.17, 15) is 0 Å². The lowest BCUT2D eigenvalue weighted by atomic mass is 10.5. The van der Waals surface area contributed by atoms with Crippen molar-refractivity contribution in [3.05, 3.63) is 0 Å². The van der Waals surface area contributed by atoms with Gasteiger partial charge in [0, 0.05) is 13.6 Å². The summed E-state index contributed by atoms with van der Waals surface area (Å²) in [5.74, 6) is 0.350. The zero-order valence-electron chi connectivity index (χ0n) is 8.32. The molecule has 4 N–H and O–H groups in total. The molecule has 0 radical (unpaired) electrons. The highest BCUT2D eigenvalue weighted by atomic mass is 16.7. The average molecular weight is 187 g/mol. The van der Waals surface area contributed by atoms with Crippen LogP contribution in [-0.2, 0) is 4.84 Å². The molecule has 0 aliphatic rings. The van der Waals surface area contributed by atoms with Crippen molar-refractivity contribution >= 4 is 11.9 Å². The molecular weight excluding hydrogens is 170 g/mol. The number of nitrogens with two attached hydrogens (primary N) is 2. The summed E-state index contributed by atoms with van der Waals surface area (Å²) in [6.45, 7) is 2.66. The van der Waals surface area contributed by atoms with Gasteiger partial charge in [-0.15, -0.1) is 0 Å². The van der Waals surface area contributed by atoms with Crippen LogP contribution in [0.4, 0.5) is 0 Å². The SMILES string of the molecule is CCCN=C(N)N=C(N)N(C)OC. The normalized spacial score (nSPS) is 13.2. The smallest absolute Gasteiger partial charge is 0.223 e. The van der Waals surface area contributed by atoms with Crippen LogP contribution in [0.3, 0.4) is 0 Å². The van der Waals surface area contributed by atoms with Gasteiger partial charge in [-0.25, -0.2) is 5.06 Å². The fourth-order valence-electron chi connectivity index (χ4n) is 0.543. The second-order valence-corrected chi connectivity index (χ2v) is 2.39. The van der Waals surface area contributed by atoms with Crippen LogP contribution >= 0.6 is 0 Å². The first-order valence-electron chi connectivity index (χ1n) is 4.03. The molecule has 0 amide bonds. The van der Waals surface area contributed by atoms with Gasteiger partial charge in [0.05, 0.1) is 7.11 Å². The monoisotopic (exact) mass is 187 g/mol. The molecule has 0 spiro atoms. The van der Waals surface area contributed by atoms with Crippen molar-refractivity contribution in [3.63, 3.8) is 0 Å². The Bertz CT molecular complexity index is 201. The van der Waals surface area contributed by atoms with E-state index in [-0.39, 0.29) is 11.9 Å². The molecule has 0 aliphatic carbocycles. The average Bonchev–Trinajstić information content (AvgIpc) is 2.13. The molecule has 76 valence electrons. The van der Waals surface area contributed by atoms with Crippen LogP contribution in [0.15, 0.2) is 9.98 Å². The van der Waals surface area contributed by atoms with Gasteiger partial charge in [0.1, 0.15) is 0 Å². The van der Waals surface area contributed by atoms with Crippen molar-refractivity contribution in [3.8, 4) is 0 Å². The molecule has 0 aromatic heterocycles. The standard InChI is InChI=1S/C7H17N5O/c1-4-5-10-6(8)11-7(9)12(2)13-3/h4-5H2,1-3H3,(H4,8,9,10,11). The quantitative estimate of drug-likeness (QED) is 0.355. The summed E-state index contributed by atoms with van der Waals surface area (Å²) in [6, 6.07) is 0. The summed E-state index contributed by atoms with van der Waals surface area (Å²) in [6.07, 6.45) is 0.927. The third-order valence-electron chi connectivity index (χ3n) is 1.32. The molecule has 0 atom stereocenters. The lowest BCUT2D eigenvalue weighted by Gasteiger charge is -2.13. The van der Waals surface area contributed by atoms with Gasteiger partial charge in [0.25, 0.3) is 0 Å².